The molecule has 28 heavy (non-hydrogen) atoms. The predicted molar refractivity (Wildman–Crippen MR) is 112 cm³/mol. The molecule has 3 aromatic rings. The number of hydrogen-bond donors (Lipinski definition) is 0. The fraction of sp³-hybridized carbons (Fsp3) is 0.182. The van der Waals surface area contributed by atoms with E-state index in [1.54, 1.807) is 39.5 Å². The van der Waals surface area contributed by atoms with Crippen molar-refractivity contribution in [2.75, 3.05) is 21.3 Å². The Labute approximate surface area is 168 Å². The Hall–Kier alpha value is -3.30. The van der Waals surface area contributed by atoms with Crippen LogP contribution in [0.15, 0.2) is 41.8 Å². The summed E-state index contributed by atoms with van der Waals surface area (Å²) in [7, 11) is 4.67. The van der Waals surface area contributed by atoms with Crippen molar-refractivity contribution < 1.29 is 14.2 Å². The van der Waals surface area contributed by atoms with Crippen LogP contribution in [-0.4, -0.2) is 26.3 Å². The van der Waals surface area contributed by atoms with E-state index < -0.39 is 0 Å². The van der Waals surface area contributed by atoms with Gasteiger partial charge in [0.2, 0.25) is 5.75 Å². The maximum atomic E-state index is 9.67. The van der Waals surface area contributed by atoms with Crippen molar-refractivity contribution >= 4 is 23.0 Å². The molecule has 0 saturated carbocycles. The standard InChI is InChI=1S/C22H20N2O3S/c1-14-5-7-16(8-6-14)18-13-28-22(24-18)17(12-23)9-15-10-19(25-2)21(27-4)20(11-15)26-3/h5-11,13H,1-4H3/b17-9-. The van der Waals surface area contributed by atoms with Crippen LogP contribution in [0.4, 0.5) is 0 Å². The van der Waals surface area contributed by atoms with Gasteiger partial charge in [-0.15, -0.1) is 11.3 Å². The molecule has 3 rings (SSSR count). The van der Waals surface area contributed by atoms with Gasteiger partial charge in [0.05, 0.1) is 32.6 Å². The van der Waals surface area contributed by atoms with Crippen LogP contribution in [0, 0.1) is 18.3 Å². The molecule has 0 saturated heterocycles. The van der Waals surface area contributed by atoms with Gasteiger partial charge in [-0.3, -0.25) is 0 Å². The summed E-state index contributed by atoms with van der Waals surface area (Å²) in [6.45, 7) is 2.05. The van der Waals surface area contributed by atoms with Crippen LogP contribution in [0.3, 0.4) is 0 Å². The van der Waals surface area contributed by atoms with Crippen LogP contribution in [0.2, 0.25) is 0 Å². The lowest BCUT2D eigenvalue weighted by molar-refractivity contribution is 0.324. The number of benzene rings is 2. The molecule has 0 amide bonds. The van der Waals surface area contributed by atoms with Gasteiger partial charge in [0.1, 0.15) is 11.1 Å². The quantitative estimate of drug-likeness (QED) is 0.539. The topological polar surface area (TPSA) is 64.4 Å². The van der Waals surface area contributed by atoms with Gasteiger partial charge in [0.25, 0.3) is 0 Å². The van der Waals surface area contributed by atoms with Crippen molar-refractivity contribution in [1.29, 1.82) is 5.26 Å². The maximum absolute atomic E-state index is 9.67. The van der Waals surface area contributed by atoms with Crippen LogP contribution < -0.4 is 14.2 Å². The second kappa shape index (κ2) is 8.59. The second-order valence-corrected chi connectivity index (χ2v) is 6.89. The Kier molecular flexibility index (Phi) is 5.97. The monoisotopic (exact) mass is 392 g/mol. The molecule has 0 unspecified atom stereocenters. The van der Waals surface area contributed by atoms with Crippen molar-refractivity contribution in [2.45, 2.75) is 6.92 Å². The number of nitrogens with zero attached hydrogens (tertiary/aromatic N) is 2. The molecule has 0 aliphatic heterocycles. The smallest absolute Gasteiger partial charge is 0.203 e. The summed E-state index contributed by atoms with van der Waals surface area (Å²) in [6, 6.07) is 14.0. The third kappa shape index (κ3) is 4.00. The molecule has 0 radical (unpaired) electrons. The molecule has 2 aromatic carbocycles. The normalized spacial score (nSPS) is 11.0. The molecule has 5 nitrogen and oxygen atoms in total. The minimum Gasteiger partial charge on any atom is -0.493 e. The first-order chi connectivity index (χ1) is 13.6. The van der Waals surface area contributed by atoms with Gasteiger partial charge >= 0.3 is 0 Å². The molecule has 6 heteroatoms. The average Bonchev–Trinajstić information content (AvgIpc) is 3.21. The van der Waals surface area contributed by atoms with Crippen LogP contribution in [0.1, 0.15) is 16.1 Å². The van der Waals surface area contributed by atoms with E-state index in [2.05, 4.69) is 11.1 Å². The van der Waals surface area contributed by atoms with Crippen LogP contribution in [-0.2, 0) is 0 Å². The summed E-state index contributed by atoms with van der Waals surface area (Å²) in [4.78, 5) is 4.64. The molecule has 1 heterocycles. The number of hydrogen-bond acceptors (Lipinski definition) is 6. The van der Waals surface area contributed by atoms with E-state index in [0.717, 1.165) is 16.8 Å². The lowest BCUT2D eigenvalue weighted by Crippen LogP contribution is -1.95. The lowest BCUT2D eigenvalue weighted by Gasteiger charge is -2.13. The highest BCUT2D eigenvalue weighted by atomic mass is 32.1. The van der Waals surface area contributed by atoms with Gasteiger partial charge < -0.3 is 14.2 Å². The SMILES string of the molecule is COc1cc(/C=C(/C#N)c2nc(-c3ccc(C)cc3)cs2)cc(OC)c1OC. The zero-order chi connectivity index (χ0) is 20.1. The zero-order valence-electron chi connectivity index (χ0n) is 16.1. The fourth-order valence-electron chi connectivity index (χ4n) is 2.75. The third-order valence-corrected chi connectivity index (χ3v) is 5.08. The number of aromatic nitrogens is 1. The fourth-order valence-corrected chi connectivity index (χ4v) is 3.54. The van der Waals surface area contributed by atoms with Crippen molar-refractivity contribution in [3.05, 3.63) is 57.9 Å². The molecular weight excluding hydrogens is 372 g/mol. The van der Waals surface area contributed by atoms with E-state index in [1.165, 1.54) is 16.9 Å². The molecule has 0 aliphatic carbocycles. The Morgan fingerprint density at radius 1 is 1.04 bits per heavy atom. The van der Waals surface area contributed by atoms with Gasteiger partial charge in [-0.1, -0.05) is 29.8 Å². The molecule has 0 spiro atoms. The Balaban J connectivity index is 1.99. The third-order valence-electron chi connectivity index (χ3n) is 4.20. The van der Waals surface area contributed by atoms with Gasteiger partial charge in [0.15, 0.2) is 11.5 Å². The number of aryl methyl sites for hydroxylation is 1. The van der Waals surface area contributed by atoms with Crippen molar-refractivity contribution in [2.24, 2.45) is 0 Å². The molecule has 142 valence electrons. The van der Waals surface area contributed by atoms with E-state index >= 15 is 0 Å². The number of thiazole rings is 1. The molecule has 1 aromatic heterocycles. The number of allylic oxidation sites excluding steroid dienone is 1. The Bertz CT molecular complexity index is 1020. The average molecular weight is 392 g/mol. The summed E-state index contributed by atoms with van der Waals surface area (Å²) in [5, 5.41) is 12.3. The summed E-state index contributed by atoms with van der Waals surface area (Å²) >= 11 is 1.44. The number of nitriles is 1. The Morgan fingerprint density at radius 3 is 2.21 bits per heavy atom. The number of ether oxygens (including phenoxy) is 3. The van der Waals surface area contributed by atoms with Gasteiger partial charge in [-0.2, -0.15) is 5.26 Å². The number of methoxy groups -OCH3 is 3. The highest BCUT2D eigenvalue weighted by Crippen LogP contribution is 2.39. The second-order valence-electron chi connectivity index (χ2n) is 6.03. The van der Waals surface area contributed by atoms with E-state index in [-0.39, 0.29) is 0 Å². The largest absolute Gasteiger partial charge is 0.493 e. The molecular formula is C22H20N2O3S. The van der Waals surface area contributed by atoms with E-state index in [4.69, 9.17) is 14.2 Å². The van der Waals surface area contributed by atoms with Crippen molar-refractivity contribution in [3.63, 3.8) is 0 Å². The first kappa shape index (κ1) is 19.5. The highest BCUT2D eigenvalue weighted by molar-refractivity contribution is 7.11. The number of rotatable bonds is 6. The zero-order valence-corrected chi connectivity index (χ0v) is 17.0. The van der Waals surface area contributed by atoms with Gasteiger partial charge in [0, 0.05) is 10.9 Å². The first-order valence-corrected chi connectivity index (χ1v) is 9.42. The van der Waals surface area contributed by atoms with Gasteiger partial charge in [-0.05, 0) is 30.7 Å². The van der Waals surface area contributed by atoms with E-state index in [1.807, 2.05) is 36.6 Å². The minimum absolute atomic E-state index is 0.470. The first-order valence-electron chi connectivity index (χ1n) is 8.54. The van der Waals surface area contributed by atoms with E-state index in [0.29, 0.717) is 27.8 Å². The predicted octanol–water partition coefficient (Wildman–Crippen LogP) is 5.21. The molecule has 0 aliphatic rings. The molecule has 0 fully saturated rings. The Morgan fingerprint density at radius 2 is 1.68 bits per heavy atom. The van der Waals surface area contributed by atoms with Crippen LogP contribution >= 0.6 is 11.3 Å². The van der Waals surface area contributed by atoms with Crippen LogP contribution in [0.5, 0.6) is 17.2 Å². The summed E-state index contributed by atoms with van der Waals surface area (Å²) in [5.41, 5.74) is 4.30. The van der Waals surface area contributed by atoms with Gasteiger partial charge in [-0.25, -0.2) is 4.98 Å². The maximum Gasteiger partial charge on any atom is 0.203 e. The molecule has 0 N–H and O–H groups in total. The lowest BCUT2D eigenvalue weighted by atomic mass is 10.1. The van der Waals surface area contributed by atoms with Crippen molar-refractivity contribution in [1.82, 2.24) is 4.98 Å². The minimum atomic E-state index is 0.470. The summed E-state index contributed by atoms with van der Waals surface area (Å²) in [6.07, 6.45) is 1.77. The summed E-state index contributed by atoms with van der Waals surface area (Å²) < 4.78 is 16.1. The van der Waals surface area contributed by atoms with Crippen molar-refractivity contribution in [3.8, 4) is 34.6 Å². The highest BCUT2D eigenvalue weighted by Gasteiger charge is 2.14. The molecule has 0 bridgehead atoms. The molecule has 0 atom stereocenters. The van der Waals surface area contributed by atoms with Crippen LogP contribution in [0.25, 0.3) is 22.9 Å². The summed E-state index contributed by atoms with van der Waals surface area (Å²) in [5.74, 6) is 1.58. The van der Waals surface area contributed by atoms with E-state index in [9.17, 15) is 5.26 Å².